The molecule has 1 aliphatic rings. The summed E-state index contributed by atoms with van der Waals surface area (Å²) >= 11 is 0. The van der Waals surface area contributed by atoms with Crippen LogP contribution in [0.15, 0.2) is 23.8 Å². The number of benzene rings is 1. The van der Waals surface area contributed by atoms with Crippen molar-refractivity contribution in [1.82, 2.24) is 0 Å². The van der Waals surface area contributed by atoms with E-state index in [1.807, 2.05) is 0 Å². The molecule has 0 aliphatic carbocycles. The summed E-state index contributed by atoms with van der Waals surface area (Å²) in [4.78, 5) is 10.9. The zero-order valence-electron chi connectivity index (χ0n) is 10.0. The second-order valence-corrected chi connectivity index (χ2v) is 4.03. The summed E-state index contributed by atoms with van der Waals surface area (Å²) in [6, 6.07) is 2.74. The standard InChI is InChI=1S/C12H7F5O4/c13-10(14)9-7(11(18)19)4-5-3-6(21-12(15,16)17)1-2-8(5)20-9/h1-4,9-10H,(H,18,19). The van der Waals surface area contributed by atoms with Gasteiger partial charge in [-0.2, -0.15) is 0 Å². The molecule has 0 saturated carbocycles. The van der Waals surface area contributed by atoms with Crippen molar-refractivity contribution in [2.45, 2.75) is 18.9 Å². The smallest absolute Gasteiger partial charge is 0.479 e. The molecule has 21 heavy (non-hydrogen) atoms. The number of rotatable bonds is 3. The summed E-state index contributed by atoms with van der Waals surface area (Å²) in [5.41, 5.74) is -0.840. The Morgan fingerprint density at radius 2 is 2.00 bits per heavy atom. The van der Waals surface area contributed by atoms with E-state index in [0.717, 1.165) is 24.3 Å². The van der Waals surface area contributed by atoms with Crippen LogP contribution in [0.1, 0.15) is 5.56 Å². The highest BCUT2D eigenvalue weighted by atomic mass is 19.4. The molecule has 1 unspecified atom stereocenters. The normalized spacial score (nSPS) is 17.8. The lowest BCUT2D eigenvalue weighted by molar-refractivity contribution is -0.274. The molecule has 0 saturated heterocycles. The van der Waals surface area contributed by atoms with Gasteiger partial charge in [0.1, 0.15) is 11.5 Å². The van der Waals surface area contributed by atoms with Crippen molar-refractivity contribution in [3.63, 3.8) is 0 Å². The Labute approximate surface area is 114 Å². The molecule has 1 N–H and O–H groups in total. The van der Waals surface area contributed by atoms with E-state index in [9.17, 15) is 26.7 Å². The lowest BCUT2D eigenvalue weighted by atomic mass is 10.0. The Kier molecular flexibility index (Phi) is 3.75. The molecule has 1 atom stereocenters. The van der Waals surface area contributed by atoms with Crippen molar-refractivity contribution in [1.29, 1.82) is 0 Å². The maximum atomic E-state index is 12.7. The maximum absolute atomic E-state index is 12.7. The minimum Gasteiger partial charge on any atom is -0.479 e. The minimum atomic E-state index is -4.92. The van der Waals surface area contributed by atoms with E-state index >= 15 is 0 Å². The monoisotopic (exact) mass is 310 g/mol. The van der Waals surface area contributed by atoms with E-state index in [2.05, 4.69) is 4.74 Å². The van der Waals surface area contributed by atoms with Gasteiger partial charge in [0.25, 0.3) is 6.43 Å². The summed E-state index contributed by atoms with van der Waals surface area (Å²) < 4.78 is 70.2. The molecule has 1 aromatic carbocycles. The molecule has 0 bridgehead atoms. The highest BCUT2D eigenvalue weighted by Crippen LogP contribution is 2.35. The van der Waals surface area contributed by atoms with Crippen LogP contribution < -0.4 is 9.47 Å². The number of halogens is 5. The molecule has 0 aromatic heterocycles. The van der Waals surface area contributed by atoms with Gasteiger partial charge >= 0.3 is 12.3 Å². The van der Waals surface area contributed by atoms with Crippen molar-refractivity contribution in [2.24, 2.45) is 0 Å². The fourth-order valence-corrected chi connectivity index (χ4v) is 1.76. The third-order valence-corrected chi connectivity index (χ3v) is 2.56. The molecule has 1 aromatic rings. The first-order valence-electron chi connectivity index (χ1n) is 5.47. The predicted molar refractivity (Wildman–Crippen MR) is 59.2 cm³/mol. The number of ether oxygens (including phenoxy) is 2. The number of fused-ring (bicyclic) bond motifs is 1. The number of hydrogen-bond acceptors (Lipinski definition) is 3. The molecule has 114 valence electrons. The van der Waals surface area contributed by atoms with Crippen molar-refractivity contribution >= 4 is 12.0 Å². The predicted octanol–water partition coefficient (Wildman–Crippen LogP) is 3.08. The van der Waals surface area contributed by atoms with E-state index in [4.69, 9.17) is 9.84 Å². The molecular formula is C12H7F5O4. The van der Waals surface area contributed by atoms with E-state index in [-0.39, 0.29) is 11.3 Å². The van der Waals surface area contributed by atoms with Crippen LogP contribution in [0.4, 0.5) is 22.0 Å². The Balaban J connectivity index is 2.40. The third-order valence-electron chi connectivity index (χ3n) is 2.56. The Morgan fingerprint density at radius 1 is 1.33 bits per heavy atom. The summed E-state index contributed by atoms with van der Waals surface area (Å²) in [6.07, 6.45) is -9.16. The quantitative estimate of drug-likeness (QED) is 0.872. The fourth-order valence-electron chi connectivity index (χ4n) is 1.76. The van der Waals surface area contributed by atoms with Crippen LogP contribution in [0, 0.1) is 0 Å². The lowest BCUT2D eigenvalue weighted by Crippen LogP contribution is -2.33. The number of alkyl halides is 5. The Hall–Kier alpha value is -2.32. The molecule has 0 spiro atoms. The molecular weight excluding hydrogens is 303 g/mol. The topological polar surface area (TPSA) is 55.8 Å². The van der Waals surface area contributed by atoms with E-state index in [1.54, 1.807) is 0 Å². The van der Waals surface area contributed by atoms with Crippen molar-refractivity contribution < 1.29 is 41.3 Å². The summed E-state index contributed by atoms with van der Waals surface area (Å²) in [6.45, 7) is 0. The third kappa shape index (κ3) is 3.41. The Morgan fingerprint density at radius 3 is 2.52 bits per heavy atom. The van der Waals surface area contributed by atoms with Crippen LogP contribution in [0.5, 0.6) is 11.5 Å². The number of carboxylic acids is 1. The number of hydrogen-bond donors (Lipinski definition) is 1. The van der Waals surface area contributed by atoms with E-state index in [0.29, 0.717) is 0 Å². The molecule has 1 heterocycles. The summed E-state index contributed by atoms with van der Waals surface area (Å²) in [5.74, 6) is -2.41. The zero-order chi connectivity index (χ0) is 15.8. The maximum Gasteiger partial charge on any atom is 0.573 e. The lowest BCUT2D eigenvalue weighted by Gasteiger charge is -2.25. The van der Waals surface area contributed by atoms with Crippen LogP contribution in [0.3, 0.4) is 0 Å². The SMILES string of the molecule is O=C(O)C1=Cc2cc(OC(F)(F)F)ccc2OC1C(F)F. The summed E-state index contributed by atoms with van der Waals surface area (Å²) in [5, 5.41) is 8.85. The molecule has 9 heteroatoms. The number of carboxylic acid groups (broad SMARTS) is 1. The van der Waals surface area contributed by atoms with Crippen LogP contribution in [-0.2, 0) is 4.79 Å². The van der Waals surface area contributed by atoms with E-state index < -0.39 is 36.2 Å². The van der Waals surface area contributed by atoms with Crippen LogP contribution in [-0.4, -0.2) is 30.0 Å². The van der Waals surface area contributed by atoms with Gasteiger partial charge in [0.05, 0.1) is 5.57 Å². The van der Waals surface area contributed by atoms with Gasteiger partial charge in [-0.15, -0.1) is 13.2 Å². The second-order valence-electron chi connectivity index (χ2n) is 4.03. The average Bonchev–Trinajstić information content (AvgIpc) is 2.34. The first kappa shape index (κ1) is 15.1. The highest BCUT2D eigenvalue weighted by Gasteiger charge is 2.36. The highest BCUT2D eigenvalue weighted by molar-refractivity contribution is 5.95. The molecule has 4 nitrogen and oxygen atoms in total. The first-order valence-corrected chi connectivity index (χ1v) is 5.47. The van der Waals surface area contributed by atoms with Gasteiger partial charge in [0, 0.05) is 5.56 Å². The molecule has 2 rings (SSSR count). The first-order chi connectivity index (χ1) is 9.67. The van der Waals surface area contributed by atoms with Crippen LogP contribution >= 0.6 is 0 Å². The zero-order valence-corrected chi connectivity index (χ0v) is 10.0. The van der Waals surface area contributed by atoms with Gasteiger partial charge < -0.3 is 14.6 Å². The van der Waals surface area contributed by atoms with Gasteiger partial charge in [0.2, 0.25) is 0 Å². The van der Waals surface area contributed by atoms with Crippen molar-refractivity contribution in [3.05, 3.63) is 29.3 Å². The van der Waals surface area contributed by atoms with E-state index in [1.165, 1.54) is 0 Å². The molecule has 0 amide bonds. The second kappa shape index (κ2) is 5.23. The number of aliphatic carboxylic acids is 1. The molecule has 1 aliphatic heterocycles. The minimum absolute atomic E-state index is 0.0916. The summed E-state index contributed by atoms with van der Waals surface area (Å²) in [7, 11) is 0. The fraction of sp³-hybridized carbons (Fsp3) is 0.250. The largest absolute Gasteiger partial charge is 0.573 e. The average molecular weight is 310 g/mol. The van der Waals surface area contributed by atoms with Gasteiger partial charge in [-0.25, -0.2) is 13.6 Å². The van der Waals surface area contributed by atoms with Crippen molar-refractivity contribution in [3.8, 4) is 11.5 Å². The Bertz CT molecular complexity index is 594. The van der Waals surface area contributed by atoms with Gasteiger partial charge in [-0.1, -0.05) is 0 Å². The van der Waals surface area contributed by atoms with Gasteiger partial charge in [-0.05, 0) is 24.3 Å². The van der Waals surface area contributed by atoms with Gasteiger partial charge in [-0.3, -0.25) is 0 Å². The van der Waals surface area contributed by atoms with Gasteiger partial charge in [0.15, 0.2) is 6.10 Å². The van der Waals surface area contributed by atoms with Crippen LogP contribution in [0.25, 0.3) is 6.08 Å². The molecule has 0 fully saturated rings. The van der Waals surface area contributed by atoms with Crippen molar-refractivity contribution in [2.75, 3.05) is 0 Å². The number of carbonyl (C=O) groups is 1. The van der Waals surface area contributed by atoms with Crippen LogP contribution in [0.2, 0.25) is 0 Å². The molecule has 0 radical (unpaired) electrons.